The van der Waals surface area contributed by atoms with Gasteiger partial charge in [0.25, 0.3) is 5.91 Å². The van der Waals surface area contributed by atoms with Crippen LogP contribution in [0.2, 0.25) is 0 Å². The van der Waals surface area contributed by atoms with Crippen molar-refractivity contribution in [2.24, 2.45) is 11.8 Å². The van der Waals surface area contributed by atoms with Crippen molar-refractivity contribution >= 4 is 22.5 Å². The molecule has 1 aromatic heterocycles. The molecule has 0 saturated carbocycles. The van der Waals surface area contributed by atoms with Gasteiger partial charge in [-0.05, 0) is 86.2 Å². The summed E-state index contributed by atoms with van der Waals surface area (Å²) in [4.78, 5) is 17.6. The molecule has 2 saturated heterocycles. The van der Waals surface area contributed by atoms with Crippen LogP contribution in [0.15, 0.2) is 48.7 Å². The molecule has 2 aromatic carbocycles. The Morgan fingerprint density at radius 3 is 2.58 bits per heavy atom. The van der Waals surface area contributed by atoms with Gasteiger partial charge in [-0.25, -0.2) is 0 Å². The van der Waals surface area contributed by atoms with Gasteiger partial charge >= 0.3 is 0 Å². The average Bonchev–Trinajstić information content (AvgIpc) is 3.44. The van der Waals surface area contributed by atoms with E-state index in [0.29, 0.717) is 24.0 Å². The van der Waals surface area contributed by atoms with Crippen LogP contribution in [0.25, 0.3) is 10.9 Å². The van der Waals surface area contributed by atoms with Crippen LogP contribution in [-0.4, -0.2) is 50.5 Å². The van der Waals surface area contributed by atoms with Gasteiger partial charge in [-0.2, -0.15) is 0 Å². The largest absolute Gasteiger partial charge is 0.493 e. The molecule has 0 aliphatic carbocycles. The Bertz CT molecular complexity index is 1170. The summed E-state index contributed by atoms with van der Waals surface area (Å²) in [6, 6.07) is 13.4. The monoisotopic (exact) mass is 489 g/mol. The van der Waals surface area contributed by atoms with E-state index in [-0.39, 0.29) is 5.91 Å². The molecule has 1 atom stereocenters. The molecule has 0 radical (unpaired) electrons. The number of nitrogens with one attached hydrogen (secondary N) is 2. The predicted molar refractivity (Wildman–Crippen MR) is 141 cm³/mol. The fraction of sp³-hybridized carbons (Fsp3) is 0.448. The summed E-state index contributed by atoms with van der Waals surface area (Å²) in [6.45, 7) is 7.76. The zero-order valence-corrected chi connectivity index (χ0v) is 20.9. The van der Waals surface area contributed by atoms with Gasteiger partial charge in [-0.1, -0.05) is 6.07 Å². The third-order valence-electron chi connectivity index (χ3n) is 7.14. The van der Waals surface area contributed by atoms with E-state index in [0.717, 1.165) is 92.2 Å². The zero-order valence-electron chi connectivity index (χ0n) is 20.9. The maximum atomic E-state index is 12.9. The van der Waals surface area contributed by atoms with Crippen molar-refractivity contribution < 1.29 is 19.0 Å². The van der Waals surface area contributed by atoms with E-state index in [2.05, 4.69) is 16.7 Å². The van der Waals surface area contributed by atoms with Gasteiger partial charge < -0.3 is 24.8 Å². The van der Waals surface area contributed by atoms with E-state index >= 15 is 0 Å². The van der Waals surface area contributed by atoms with E-state index in [4.69, 9.17) is 19.2 Å². The first-order valence-corrected chi connectivity index (χ1v) is 12.9. The standard InChI is InChI=1S/C29H35N3O4/c1-20-27(32-29(33)24-2-5-26(6-3-24)36-19-22-10-13-35-18-22)7-4-25-14-23(17-31-28(20)25)16-30-15-21-8-11-34-12-9-21/h2-7,14,17,21-22,30H,8-13,15-16,18-19H2,1H3,(H,32,33). The van der Waals surface area contributed by atoms with Gasteiger partial charge in [0.15, 0.2) is 0 Å². The highest BCUT2D eigenvalue weighted by atomic mass is 16.5. The minimum absolute atomic E-state index is 0.151. The van der Waals surface area contributed by atoms with Crippen LogP contribution in [0.4, 0.5) is 5.69 Å². The highest BCUT2D eigenvalue weighted by molar-refractivity contribution is 6.06. The number of hydrogen-bond donors (Lipinski definition) is 2. The van der Waals surface area contributed by atoms with Gasteiger partial charge in [0, 0.05) is 55.1 Å². The Balaban J connectivity index is 1.17. The van der Waals surface area contributed by atoms with Crippen molar-refractivity contribution in [3.05, 3.63) is 65.4 Å². The minimum atomic E-state index is -0.151. The van der Waals surface area contributed by atoms with Crippen LogP contribution in [0.3, 0.4) is 0 Å². The number of nitrogens with zero attached hydrogens (tertiary/aromatic N) is 1. The number of anilines is 1. The SMILES string of the molecule is Cc1c(NC(=O)c2ccc(OCC3CCOC3)cc2)ccc2cc(CNCC3CCOCC3)cnc12. The van der Waals surface area contributed by atoms with Gasteiger partial charge in [-0.15, -0.1) is 0 Å². The molecule has 190 valence electrons. The number of rotatable bonds is 9. The highest BCUT2D eigenvalue weighted by Gasteiger charge is 2.17. The molecule has 7 nitrogen and oxygen atoms in total. The van der Waals surface area contributed by atoms with Crippen molar-refractivity contribution in [1.29, 1.82) is 0 Å². The van der Waals surface area contributed by atoms with E-state index in [1.54, 1.807) is 12.1 Å². The van der Waals surface area contributed by atoms with Crippen molar-refractivity contribution in [3.8, 4) is 5.75 Å². The van der Waals surface area contributed by atoms with E-state index in [9.17, 15) is 4.79 Å². The maximum absolute atomic E-state index is 12.9. The van der Waals surface area contributed by atoms with Crippen molar-refractivity contribution in [1.82, 2.24) is 10.3 Å². The third-order valence-corrected chi connectivity index (χ3v) is 7.14. The molecule has 1 amide bonds. The van der Waals surface area contributed by atoms with Gasteiger partial charge in [0.05, 0.1) is 18.7 Å². The molecule has 2 aliphatic heterocycles. The Morgan fingerprint density at radius 1 is 1.03 bits per heavy atom. The number of fused-ring (bicyclic) bond motifs is 1. The Morgan fingerprint density at radius 2 is 1.81 bits per heavy atom. The molecule has 2 aliphatic rings. The first kappa shape index (κ1) is 24.7. The second-order valence-electron chi connectivity index (χ2n) is 9.86. The summed E-state index contributed by atoms with van der Waals surface area (Å²) in [5.41, 5.74) is 4.38. The molecule has 0 bridgehead atoms. The lowest BCUT2D eigenvalue weighted by Crippen LogP contribution is -2.27. The Labute approximate surface area is 212 Å². The third kappa shape index (κ3) is 6.22. The number of hydrogen-bond acceptors (Lipinski definition) is 6. The van der Waals surface area contributed by atoms with Crippen molar-refractivity contribution in [2.45, 2.75) is 32.7 Å². The molecule has 36 heavy (non-hydrogen) atoms. The number of carbonyl (C=O) groups is 1. The quantitative estimate of drug-likeness (QED) is 0.452. The number of aryl methyl sites for hydroxylation is 1. The number of carbonyl (C=O) groups excluding carboxylic acids is 1. The number of amides is 1. The first-order valence-electron chi connectivity index (χ1n) is 12.9. The summed E-state index contributed by atoms with van der Waals surface area (Å²) in [5, 5.41) is 7.68. The molecule has 0 spiro atoms. The van der Waals surface area contributed by atoms with Crippen LogP contribution in [0, 0.1) is 18.8 Å². The fourth-order valence-corrected chi connectivity index (χ4v) is 4.82. The summed E-state index contributed by atoms with van der Waals surface area (Å²) >= 11 is 0. The van der Waals surface area contributed by atoms with E-state index < -0.39 is 0 Å². The number of pyridine rings is 1. The Hall–Kier alpha value is -3.00. The topological polar surface area (TPSA) is 81.7 Å². The molecule has 5 rings (SSSR count). The van der Waals surface area contributed by atoms with Crippen LogP contribution in [0.1, 0.15) is 40.7 Å². The molecule has 3 aromatic rings. The highest BCUT2D eigenvalue weighted by Crippen LogP contribution is 2.26. The lowest BCUT2D eigenvalue weighted by atomic mass is 10.0. The predicted octanol–water partition coefficient (Wildman–Crippen LogP) is 4.73. The Kier molecular flexibility index (Phi) is 8.11. The number of ether oxygens (including phenoxy) is 3. The van der Waals surface area contributed by atoms with Crippen LogP contribution >= 0.6 is 0 Å². The minimum Gasteiger partial charge on any atom is -0.493 e. The lowest BCUT2D eigenvalue weighted by molar-refractivity contribution is 0.0662. The average molecular weight is 490 g/mol. The first-order chi connectivity index (χ1) is 17.7. The van der Waals surface area contributed by atoms with Gasteiger partial charge in [0.1, 0.15) is 5.75 Å². The fourth-order valence-electron chi connectivity index (χ4n) is 4.82. The van der Waals surface area contributed by atoms with Crippen molar-refractivity contribution in [2.75, 3.05) is 44.9 Å². The van der Waals surface area contributed by atoms with E-state index in [1.807, 2.05) is 37.4 Å². The number of aromatic nitrogens is 1. The lowest BCUT2D eigenvalue weighted by Gasteiger charge is -2.22. The summed E-state index contributed by atoms with van der Waals surface area (Å²) in [7, 11) is 0. The molecule has 3 heterocycles. The molecule has 2 N–H and O–H groups in total. The summed E-state index contributed by atoms with van der Waals surface area (Å²) in [6.07, 6.45) is 5.22. The van der Waals surface area contributed by atoms with E-state index in [1.165, 1.54) is 0 Å². The molecule has 2 fully saturated rings. The molecule has 7 heteroatoms. The second-order valence-corrected chi connectivity index (χ2v) is 9.86. The molecular weight excluding hydrogens is 454 g/mol. The molecular formula is C29H35N3O4. The number of benzene rings is 2. The smallest absolute Gasteiger partial charge is 0.255 e. The summed E-state index contributed by atoms with van der Waals surface area (Å²) in [5.74, 6) is 1.75. The van der Waals surface area contributed by atoms with Crippen molar-refractivity contribution in [3.63, 3.8) is 0 Å². The van der Waals surface area contributed by atoms with Crippen LogP contribution in [0.5, 0.6) is 5.75 Å². The normalized spacial score (nSPS) is 18.4. The second kappa shape index (κ2) is 11.8. The van der Waals surface area contributed by atoms with Gasteiger partial charge in [0.2, 0.25) is 0 Å². The van der Waals surface area contributed by atoms with Crippen LogP contribution < -0.4 is 15.4 Å². The summed E-state index contributed by atoms with van der Waals surface area (Å²) < 4.78 is 16.7. The zero-order chi connectivity index (χ0) is 24.7. The van der Waals surface area contributed by atoms with Gasteiger partial charge in [-0.3, -0.25) is 9.78 Å². The van der Waals surface area contributed by atoms with Crippen LogP contribution in [-0.2, 0) is 16.0 Å². The molecule has 1 unspecified atom stereocenters. The maximum Gasteiger partial charge on any atom is 0.255 e.